The number of nitrogens with one attached hydrogen (secondary N) is 1. The standard InChI is InChI=1S/C20H31N5O2/c1-19(2,3)23-17(26)14-20(6-4-5-7-20)18(27)25-12-10-24(11-13-25)16-15-21-8-9-22-16/h8-9,15H,4-7,10-14H2,1-3H3,(H,23,26). The van der Waals surface area contributed by atoms with Gasteiger partial charge in [0.2, 0.25) is 11.8 Å². The monoisotopic (exact) mass is 373 g/mol. The summed E-state index contributed by atoms with van der Waals surface area (Å²) in [5.41, 5.74) is -0.799. The van der Waals surface area contributed by atoms with E-state index in [1.54, 1.807) is 18.6 Å². The Labute approximate surface area is 161 Å². The number of carbonyl (C=O) groups is 2. The maximum Gasteiger partial charge on any atom is 0.229 e. The summed E-state index contributed by atoms with van der Waals surface area (Å²) in [4.78, 5) is 38.5. The Morgan fingerprint density at radius 2 is 1.78 bits per heavy atom. The molecule has 2 amide bonds. The molecule has 0 aromatic carbocycles. The maximum absolute atomic E-state index is 13.4. The lowest BCUT2D eigenvalue weighted by molar-refractivity contribution is -0.146. The molecule has 0 bridgehead atoms. The van der Waals surface area contributed by atoms with E-state index in [0.29, 0.717) is 19.5 Å². The van der Waals surface area contributed by atoms with Crippen molar-refractivity contribution in [3.8, 4) is 0 Å². The minimum atomic E-state index is -0.524. The largest absolute Gasteiger partial charge is 0.352 e. The van der Waals surface area contributed by atoms with Gasteiger partial charge in [0.15, 0.2) is 0 Å². The average molecular weight is 374 g/mol. The Bertz CT molecular complexity index is 657. The molecule has 7 heteroatoms. The highest BCUT2D eigenvalue weighted by atomic mass is 16.2. The van der Waals surface area contributed by atoms with Gasteiger partial charge in [-0.3, -0.25) is 14.6 Å². The predicted octanol–water partition coefficient (Wildman–Crippen LogP) is 1.99. The smallest absolute Gasteiger partial charge is 0.229 e. The molecule has 1 aliphatic carbocycles. The lowest BCUT2D eigenvalue weighted by Gasteiger charge is -2.40. The van der Waals surface area contributed by atoms with Gasteiger partial charge >= 0.3 is 0 Å². The van der Waals surface area contributed by atoms with Crippen molar-refractivity contribution in [3.05, 3.63) is 18.6 Å². The molecule has 3 rings (SSSR count). The van der Waals surface area contributed by atoms with E-state index in [0.717, 1.165) is 44.6 Å². The number of hydrogen-bond acceptors (Lipinski definition) is 5. The lowest BCUT2D eigenvalue weighted by Crippen LogP contribution is -2.54. The third kappa shape index (κ3) is 4.76. The minimum Gasteiger partial charge on any atom is -0.352 e. The molecule has 2 aliphatic rings. The van der Waals surface area contributed by atoms with Crippen molar-refractivity contribution in [2.24, 2.45) is 5.41 Å². The van der Waals surface area contributed by atoms with Crippen LogP contribution in [0.1, 0.15) is 52.9 Å². The molecule has 1 aromatic heterocycles. The normalized spacial score (nSPS) is 19.8. The van der Waals surface area contributed by atoms with Gasteiger partial charge in [-0.25, -0.2) is 4.98 Å². The summed E-state index contributed by atoms with van der Waals surface area (Å²) in [6.45, 7) is 8.73. The molecule has 2 fully saturated rings. The van der Waals surface area contributed by atoms with Gasteiger partial charge in [0, 0.05) is 50.5 Å². The van der Waals surface area contributed by atoms with Crippen LogP contribution in [0.2, 0.25) is 0 Å². The SMILES string of the molecule is CC(C)(C)NC(=O)CC1(C(=O)N2CCN(c3cnccn3)CC2)CCCC1. The van der Waals surface area contributed by atoms with E-state index in [4.69, 9.17) is 0 Å². The zero-order chi connectivity index (χ0) is 19.5. The van der Waals surface area contributed by atoms with E-state index in [-0.39, 0.29) is 17.4 Å². The molecule has 1 N–H and O–H groups in total. The average Bonchev–Trinajstić information content (AvgIpc) is 3.10. The van der Waals surface area contributed by atoms with Gasteiger partial charge in [-0.2, -0.15) is 0 Å². The van der Waals surface area contributed by atoms with Crippen molar-refractivity contribution in [1.29, 1.82) is 0 Å². The predicted molar refractivity (Wildman–Crippen MR) is 104 cm³/mol. The molecule has 1 saturated heterocycles. The van der Waals surface area contributed by atoms with Gasteiger partial charge in [0.25, 0.3) is 0 Å². The van der Waals surface area contributed by atoms with Crippen molar-refractivity contribution < 1.29 is 9.59 Å². The molecular formula is C20H31N5O2. The van der Waals surface area contributed by atoms with Crippen molar-refractivity contribution in [2.75, 3.05) is 31.1 Å². The van der Waals surface area contributed by atoms with Crippen LogP contribution in [0.5, 0.6) is 0 Å². The highest BCUT2D eigenvalue weighted by Gasteiger charge is 2.45. The van der Waals surface area contributed by atoms with Crippen LogP contribution in [0.3, 0.4) is 0 Å². The molecule has 0 unspecified atom stereocenters. The van der Waals surface area contributed by atoms with Crippen LogP contribution in [-0.2, 0) is 9.59 Å². The molecule has 0 atom stereocenters. The van der Waals surface area contributed by atoms with Crippen molar-refractivity contribution in [1.82, 2.24) is 20.2 Å². The minimum absolute atomic E-state index is 0.0176. The van der Waals surface area contributed by atoms with Crippen molar-refractivity contribution >= 4 is 17.6 Å². The first-order valence-corrected chi connectivity index (χ1v) is 9.90. The Balaban J connectivity index is 1.63. The number of nitrogens with zero attached hydrogens (tertiary/aromatic N) is 4. The zero-order valence-corrected chi connectivity index (χ0v) is 16.7. The molecule has 7 nitrogen and oxygen atoms in total. The zero-order valence-electron chi connectivity index (χ0n) is 16.7. The fourth-order valence-corrected chi connectivity index (χ4v) is 4.22. The number of rotatable bonds is 4. The lowest BCUT2D eigenvalue weighted by atomic mass is 9.80. The van der Waals surface area contributed by atoms with Gasteiger partial charge in [0.05, 0.1) is 11.6 Å². The highest BCUT2D eigenvalue weighted by Crippen LogP contribution is 2.43. The Kier molecular flexibility index (Phi) is 5.67. The summed E-state index contributed by atoms with van der Waals surface area (Å²) in [5, 5.41) is 3.02. The van der Waals surface area contributed by atoms with Crippen molar-refractivity contribution in [3.63, 3.8) is 0 Å². The maximum atomic E-state index is 13.4. The molecule has 27 heavy (non-hydrogen) atoms. The number of carbonyl (C=O) groups excluding carboxylic acids is 2. The van der Waals surface area contributed by atoms with E-state index in [1.165, 1.54) is 0 Å². The summed E-state index contributed by atoms with van der Waals surface area (Å²) in [5.74, 6) is 0.989. The van der Waals surface area contributed by atoms with Crippen LogP contribution < -0.4 is 10.2 Å². The topological polar surface area (TPSA) is 78.4 Å². The van der Waals surface area contributed by atoms with Crippen LogP contribution in [0.15, 0.2) is 18.6 Å². The van der Waals surface area contributed by atoms with Crippen molar-refractivity contribution in [2.45, 2.75) is 58.4 Å². The Hall–Kier alpha value is -2.18. The molecule has 0 spiro atoms. The quantitative estimate of drug-likeness (QED) is 0.873. The first-order chi connectivity index (χ1) is 12.8. The highest BCUT2D eigenvalue weighted by molar-refractivity contribution is 5.89. The second-order valence-corrected chi connectivity index (χ2v) is 8.81. The van der Waals surface area contributed by atoms with Gasteiger partial charge in [-0.05, 0) is 33.6 Å². The van der Waals surface area contributed by atoms with Crippen LogP contribution in [-0.4, -0.2) is 58.4 Å². The third-order valence-electron chi connectivity index (χ3n) is 5.47. The first-order valence-electron chi connectivity index (χ1n) is 9.90. The van der Waals surface area contributed by atoms with E-state index in [1.807, 2.05) is 25.7 Å². The summed E-state index contributed by atoms with van der Waals surface area (Å²) in [7, 11) is 0. The second kappa shape index (κ2) is 7.82. The molecule has 1 aromatic rings. The fraction of sp³-hybridized carbons (Fsp3) is 0.700. The number of anilines is 1. The van der Waals surface area contributed by atoms with Crippen LogP contribution >= 0.6 is 0 Å². The molecule has 2 heterocycles. The molecule has 148 valence electrons. The molecule has 1 aliphatic heterocycles. The number of hydrogen-bond donors (Lipinski definition) is 1. The van der Waals surface area contributed by atoms with E-state index < -0.39 is 5.41 Å². The van der Waals surface area contributed by atoms with Crippen LogP contribution in [0.25, 0.3) is 0 Å². The Morgan fingerprint density at radius 1 is 1.11 bits per heavy atom. The summed E-state index contributed by atoms with van der Waals surface area (Å²) in [6.07, 6.45) is 9.08. The van der Waals surface area contributed by atoms with Crippen LogP contribution in [0, 0.1) is 5.41 Å². The third-order valence-corrected chi connectivity index (χ3v) is 5.47. The summed E-state index contributed by atoms with van der Waals surface area (Å²) in [6, 6.07) is 0. The van der Waals surface area contributed by atoms with Gasteiger partial charge in [-0.15, -0.1) is 0 Å². The van der Waals surface area contributed by atoms with E-state index in [9.17, 15) is 9.59 Å². The van der Waals surface area contributed by atoms with E-state index >= 15 is 0 Å². The first kappa shape index (κ1) is 19.6. The van der Waals surface area contributed by atoms with Gasteiger partial charge in [0.1, 0.15) is 5.82 Å². The molecule has 1 saturated carbocycles. The summed E-state index contributed by atoms with van der Waals surface area (Å²) >= 11 is 0. The van der Waals surface area contributed by atoms with Gasteiger partial charge in [-0.1, -0.05) is 12.8 Å². The Morgan fingerprint density at radius 3 is 2.33 bits per heavy atom. The number of piperazine rings is 1. The number of aromatic nitrogens is 2. The van der Waals surface area contributed by atoms with E-state index in [2.05, 4.69) is 20.2 Å². The summed E-state index contributed by atoms with van der Waals surface area (Å²) < 4.78 is 0. The van der Waals surface area contributed by atoms with Gasteiger partial charge < -0.3 is 15.1 Å². The fourth-order valence-electron chi connectivity index (χ4n) is 4.22. The molecule has 0 radical (unpaired) electrons. The second-order valence-electron chi connectivity index (χ2n) is 8.81. The molecular weight excluding hydrogens is 342 g/mol. The van der Waals surface area contributed by atoms with Crippen LogP contribution in [0.4, 0.5) is 5.82 Å². The number of amides is 2.